The molecule has 0 aliphatic carbocycles. The number of morpholine rings is 1. The van der Waals surface area contributed by atoms with E-state index in [9.17, 15) is 18.0 Å². The predicted molar refractivity (Wildman–Crippen MR) is 79.3 cm³/mol. The number of hydrogen-bond donors (Lipinski definition) is 0. The van der Waals surface area contributed by atoms with Crippen LogP contribution in [0.3, 0.4) is 0 Å². The molecule has 2 unspecified atom stereocenters. The Kier molecular flexibility index (Phi) is 4.82. The molecule has 2 fully saturated rings. The average Bonchev–Trinajstić information content (AvgIpc) is 3.04. The molecule has 1 aromatic heterocycles. The van der Waals surface area contributed by atoms with Crippen molar-refractivity contribution in [1.82, 2.24) is 19.6 Å². The van der Waals surface area contributed by atoms with E-state index in [0.29, 0.717) is 32.5 Å². The van der Waals surface area contributed by atoms with Crippen LogP contribution in [0.15, 0.2) is 12.3 Å². The number of carbonyl (C=O) groups is 1. The average molecular weight is 346 g/mol. The number of nitrogens with zero attached hydrogens (tertiary/aromatic N) is 4. The maximum Gasteiger partial charge on any atom is 0.433 e. The van der Waals surface area contributed by atoms with Crippen LogP contribution in [0.4, 0.5) is 13.2 Å². The SMILES string of the molecule is CN1CCOC(C(=O)N2CCCC(n3nccc3C(F)(F)F)C2)C1. The predicted octanol–water partition coefficient (Wildman–Crippen LogP) is 1.40. The lowest BCUT2D eigenvalue weighted by atomic mass is 10.0. The molecular formula is C15H21F3N4O2. The molecule has 24 heavy (non-hydrogen) atoms. The van der Waals surface area contributed by atoms with Gasteiger partial charge in [0.05, 0.1) is 12.6 Å². The number of piperidine rings is 1. The first kappa shape index (κ1) is 17.2. The van der Waals surface area contributed by atoms with Gasteiger partial charge in [-0.05, 0) is 26.0 Å². The number of aromatic nitrogens is 2. The van der Waals surface area contributed by atoms with Crippen molar-refractivity contribution in [1.29, 1.82) is 0 Å². The van der Waals surface area contributed by atoms with Gasteiger partial charge in [0.1, 0.15) is 11.8 Å². The highest BCUT2D eigenvalue weighted by Crippen LogP contribution is 2.33. The monoisotopic (exact) mass is 346 g/mol. The minimum absolute atomic E-state index is 0.146. The molecule has 0 saturated carbocycles. The van der Waals surface area contributed by atoms with E-state index in [4.69, 9.17) is 4.74 Å². The Hall–Kier alpha value is -1.61. The van der Waals surface area contributed by atoms with Crippen molar-refractivity contribution in [2.24, 2.45) is 0 Å². The molecule has 0 aromatic carbocycles. The number of likely N-dealkylation sites (tertiary alicyclic amines) is 1. The first-order valence-corrected chi connectivity index (χ1v) is 8.06. The van der Waals surface area contributed by atoms with Crippen LogP contribution in [0.2, 0.25) is 0 Å². The Morgan fingerprint density at radius 2 is 2.12 bits per heavy atom. The quantitative estimate of drug-likeness (QED) is 0.812. The van der Waals surface area contributed by atoms with E-state index >= 15 is 0 Å². The van der Waals surface area contributed by atoms with Crippen molar-refractivity contribution >= 4 is 5.91 Å². The number of carbonyl (C=O) groups excluding carboxylic acids is 1. The summed E-state index contributed by atoms with van der Waals surface area (Å²) in [7, 11) is 1.92. The van der Waals surface area contributed by atoms with Crippen molar-refractivity contribution in [2.45, 2.75) is 31.2 Å². The van der Waals surface area contributed by atoms with Crippen LogP contribution in [-0.2, 0) is 15.7 Å². The summed E-state index contributed by atoms with van der Waals surface area (Å²) in [4.78, 5) is 16.2. The molecule has 2 aliphatic heterocycles. The van der Waals surface area contributed by atoms with Gasteiger partial charge >= 0.3 is 6.18 Å². The molecule has 3 heterocycles. The van der Waals surface area contributed by atoms with Crippen LogP contribution in [0, 0.1) is 0 Å². The lowest BCUT2D eigenvalue weighted by molar-refractivity contribution is -0.151. The first-order valence-electron chi connectivity index (χ1n) is 8.06. The van der Waals surface area contributed by atoms with Gasteiger partial charge in [-0.15, -0.1) is 0 Å². The Morgan fingerprint density at radius 3 is 2.83 bits per heavy atom. The Balaban J connectivity index is 1.71. The van der Waals surface area contributed by atoms with Gasteiger partial charge in [0.2, 0.25) is 0 Å². The molecule has 134 valence electrons. The molecule has 0 radical (unpaired) electrons. The molecule has 1 amide bonds. The summed E-state index contributed by atoms with van der Waals surface area (Å²) in [5.41, 5.74) is -0.768. The zero-order valence-electron chi connectivity index (χ0n) is 13.5. The van der Waals surface area contributed by atoms with Crippen molar-refractivity contribution in [3.05, 3.63) is 18.0 Å². The summed E-state index contributed by atoms with van der Waals surface area (Å²) in [5, 5.41) is 3.84. The molecule has 2 atom stereocenters. The minimum Gasteiger partial charge on any atom is -0.366 e. The molecule has 0 bridgehead atoms. The molecule has 9 heteroatoms. The summed E-state index contributed by atoms with van der Waals surface area (Å²) < 4.78 is 45.7. The van der Waals surface area contributed by atoms with E-state index in [1.54, 1.807) is 4.90 Å². The smallest absolute Gasteiger partial charge is 0.366 e. The van der Waals surface area contributed by atoms with Crippen LogP contribution in [-0.4, -0.2) is 71.4 Å². The fraction of sp³-hybridized carbons (Fsp3) is 0.733. The largest absolute Gasteiger partial charge is 0.433 e. The molecule has 1 aromatic rings. The lowest BCUT2D eigenvalue weighted by Gasteiger charge is -2.37. The van der Waals surface area contributed by atoms with E-state index in [-0.39, 0.29) is 12.5 Å². The maximum atomic E-state index is 13.1. The summed E-state index contributed by atoms with van der Waals surface area (Å²) in [6, 6.07) is 0.510. The van der Waals surface area contributed by atoms with Gasteiger partial charge in [0.15, 0.2) is 0 Å². The number of rotatable bonds is 2. The van der Waals surface area contributed by atoms with Crippen molar-refractivity contribution in [2.75, 3.05) is 39.8 Å². The Labute approximate surface area is 138 Å². The molecule has 0 N–H and O–H groups in total. The molecule has 2 saturated heterocycles. The third-order valence-corrected chi connectivity index (χ3v) is 4.56. The topological polar surface area (TPSA) is 50.6 Å². The van der Waals surface area contributed by atoms with E-state index < -0.39 is 24.0 Å². The van der Waals surface area contributed by atoms with Crippen molar-refractivity contribution in [3.8, 4) is 0 Å². The second kappa shape index (κ2) is 6.72. The normalized spacial score (nSPS) is 26.6. The van der Waals surface area contributed by atoms with E-state index in [1.165, 1.54) is 0 Å². The summed E-state index contributed by atoms with van der Waals surface area (Å²) in [5.74, 6) is -0.146. The van der Waals surface area contributed by atoms with Crippen LogP contribution in [0.5, 0.6) is 0 Å². The Morgan fingerprint density at radius 1 is 1.33 bits per heavy atom. The van der Waals surface area contributed by atoms with E-state index in [2.05, 4.69) is 5.10 Å². The second-order valence-corrected chi connectivity index (χ2v) is 6.36. The molecule has 6 nitrogen and oxygen atoms in total. The van der Waals surface area contributed by atoms with Gasteiger partial charge in [-0.3, -0.25) is 9.48 Å². The molecule has 0 spiro atoms. The number of alkyl halides is 3. The molecular weight excluding hydrogens is 325 g/mol. The summed E-state index contributed by atoms with van der Waals surface area (Å²) in [6.45, 7) is 2.54. The second-order valence-electron chi connectivity index (χ2n) is 6.36. The van der Waals surface area contributed by atoms with Gasteiger partial charge < -0.3 is 14.5 Å². The van der Waals surface area contributed by atoms with Crippen molar-refractivity contribution < 1.29 is 22.7 Å². The van der Waals surface area contributed by atoms with Crippen LogP contribution >= 0.6 is 0 Å². The third kappa shape index (κ3) is 3.56. The number of ether oxygens (including phenoxy) is 1. The van der Waals surface area contributed by atoms with Gasteiger partial charge in [-0.2, -0.15) is 18.3 Å². The van der Waals surface area contributed by atoms with Crippen LogP contribution in [0.25, 0.3) is 0 Å². The molecule has 2 aliphatic rings. The van der Waals surface area contributed by atoms with E-state index in [0.717, 1.165) is 23.5 Å². The van der Waals surface area contributed by atoms with E-state index in [1.807, 2.05) is 11.9 Å². The fourth-order valence-corrected chi connectivity index (χ4v) is 3.32. The van der Waals surface area contributed by atoms with Gasteiger partial charge in [-0.1, -0.05) is 0 Å². The zero-order valence-corrected chi connectivity index (χ0v) is 13.5. The first-order chi connectivity index (χ1) is 11.4. The van der Waals surface area contributed by atoms with Gasteiger partial charge in [-0.25, -0.2) is 0 Å². The minimum atomic E-state index is -4.45. The fourth-order valence-electron chi connectivity index (χ4n) is 3.32. The summed E-state index contributed by atoms with van der Waals surface area (Å²) >= 11 is 0. The zero-order chi connectivity index (χ0) is 17.3. The number of halogens is 3. The number of amides is 1. The van der Waals surface area contributed by atoms with Crippen LogP contribution < -0.4 is 0 Å². The number of hydrogen-bond acceptors (Lipinski definition) is 4. The Bertz CT molecular complexity index is 590. The number of likely N-dealkylation sites (N-methyl/N-ethyl adjacent to an activating group) is 1. The van der Waals surface area contributed by atoms with Crippen molar-refractivity contribution in [3.63, 3.8) is 0 Å². The van der Waals surface area contributed by atoms with Crippen LogP contribution in [0.1, 0.15) is 24.6 Å². The highest BCUT2D eigenvalue weighted by Gasteiger charge is 2.38. The van der Waals surface area contributed by atoms with Gasteiger partial charge in [0, 0.05) is 32.4 Å². The highest BCUT2D eigenvalue weighted by molar-refractivity contribution is 5.81. The maximum absolute atomic E-state index is 13.1. The third-order valence-electron chi connectivity index (χ3n) is 4.56. The standard InChI is InChI=1S/C15H21F3N4O2/c1-20-7-8-24-12(10-20)14(23)21-6-2-3-11(9-21)22-13(4-5-19-22)15(16,17)18/h4-5,11-12H,2-3,6-10H2,1H3. The van der Waals surface area contributed by atoms with Gasteiger partial charge in [0.25, 0.3) is 5.91 Å². The summed E-state index contributed by atoms with van der Waals surface area (Å²) in [6.07, 6.45) is -2.61. The molecule has 3 rings (SSSR count). The lowest BCUT2D eigenvalue weighted by Crippen LogP contribution is -2.52. The highest BCUT2D eigenvalue weighted by atomic mass is 19.4.